The predicted molar refractivity (Wildman–Crippen MR) is 86.4 cm³/mol. The second-order valence-corrected chi connectivity index (χ2v) is 5.71. The minimum Gasteiger partial charge on any atom is -0.442 e. The topological polar surface area (TPSA) is 47.5 Å². The van der Waals surface area contributed by atoms with Gasteiger partial charge in [-0.1, -0.05) is 30.3 Å². The lowest BCUT2D eigenvalue weighted by atomic mass is 10.1. The van der Waals surface area contributed by atoms with Gasteiger partial charge in [0.05, 0.1) is 5.39 Å². The van der Waals surface area contributed by atoms with Gasteiger partial charge in [-0.15, -0.1) is 11.3 Å². The molecular weight excluding hydrogens is 298 g/mol. The number of aromatic nitrogens is 2. The fourth-order valence-corrected chi connectivity index (χ4v) is 3.38. The molecule has 0 amide bonds. The van der Waals surface area contributed by atoms with E-state index in [0.29, 0.717) is 0 Å². The highest BCUT2D eigenvalue weighted by molar-refractivity contribution is 7.17. The SMILES string of the molecule is CN(c1ncnc2scc(-c3ccccc3)c12)C1OC=CO1. The summed E-state index contributed by atoms with van der Waals surface area (Å²) >= 11 is 1.61. The number of benzene rings is 1. The Morgan fingerprint density at radius 3 is 2.64 bits per heavy atom. The summed E-state index contributed by atoms with van der Waals surface area (Å²) in [7, 11) is 1.89. The highest BCUT2D eigenvalue weighted by atomic mass is 32.1. The van der Waals surface area contributed by atoms with E-state index in [1.54, 1.807) is 17.7 Å². The smallest absolute Gasteiger partial charge is 0.327 e. The molecule has 5 nitrogen and oxygen atoms in total. The van der Waals surface area contributed by atoms with Crippen molar-refractivity contribution >= 4 is 27.4 Å². The number of rotatable bonds is 3. The summed E-state index contributed by atoms with van der Waals surface area (Å²) in [6, 6.07) is 10.2. The Balaban J connectivity index is 1.86. The first-order valence-corrected chi connectivity index (χ1v) is 7.69. The highest BCUT2D eigenvalue weighted by Crippen LogP contribution is 2.38. The number of hydrogen-bond acceptors (Lipinski definition) is 6. The van der Waals surface area contributed by atoms with Crippen LogP contribution in [0.25, 0.3) is 21.3 Å². The van der Waals surface area contributed by atoms with Gasteiger partial charge in [0.2, 0.25) is 0 Å². The summed E-state index contributed by atoms with van der Waals surface area (Å²) in [6.07, 6.45) is 4.14. The second kappa shape index (κ2) is 5.31. The van der Waals surface area contributed by atoms with Gasteiger partial charge in [-0.05, 0) is 5.56 Å². The van der Waals surface area contributed by atoms with Crippen molar-refractivity contribution in [3.63, 3.8) is 0 Å². The van der Waals surface area contributed by atoms with Crippen molar-refractivity contribution in [2.75, 3.05) is 11.9 Å². The van der Waals surface area contributed by atoms with Gasteiger partial charge in [-0.25, -0.2) is 9.97 Å². The van der Waals surface area contributed by atoms with Gasteiger partial charge in [0.25, 0.3) is 0 Å². The third-order valence-electron chi connectivity index (χ3n) is 3.53. The maximum Gasteiger partial charge on any atom is 0.327 e. The molecule has 0 atom stereocenters. The van der Waals surface area contributed by atoms with Gasteiger partial charge in [0, 0.05) is 18.0 Å². The van der Waals surface area contributed by atoms with Crippen LogP contribution in [0.2, 0.25) is 0 Å². The predicted octanol–water partition coefficient (Wildman–Crippen LogP) is 3.60. The molecule has 0 aliphatic carbocycles. The minimum atomic E-state index is -0.498. The van der Waals surface area contributed by atoms with Crippen LogP contribution in [0.1, 0.15) is 0 Å². The first-order chi connectivity index (χ1) is 10.8. The van der Waals surface area contributed by atoms with Crippen molar-refractivity contribution in [2.45, 2.75) is 6.41 Å². The largest absolute Gasteiger partial charge is 0.442 e. The Kier molecular flexibility index (Phi) is 3.16. The van der Waals surface area contributed by atoms with Crippen LogP contribution in [0.15, 0.2) is 54.6 Å². The Bertz CT molecular complexity index is 824. The molecule has 2 aromatic heterocycles. The lowest BCUT2D eigenvalue weighted by molar-refractivity contribution is -0.0202. The number of anilines is 1. The molecule has 0 saturated heterocycles. The molecule has 0 N–H and O–H groups in total. The van der Waals surface area contributed by atoms with Crippen LogP contribution in [0.5, 0.6) is 0 Å². The Hall–Kier alpha value is -2.60. The summed E-state index contributed by atoms with van der Waals surface area (Å²) in [5.41, 5.74) is 2.26. The molecule has 4 rings (SSSR count). The molecule has 3 aromatic rings. The van der Waals surface area contributed by atoms with Crippen molar-refractivity contribution < 1.29 is 9.47 Å². The van der Waals surface area contributed by atoms with Crippen molar-refractivity contribution in [3.05, 3.63) is 54.6 Å². The van der Waals surface area contributed by atoms with E-state index in [4.69, 9.17) is 9.47 Å². The average molecular weight is 311 g/mol. The van der Waals surface area contributed by atoms with Crippen molar-refractivity contribution in [1.29, 1.82) is 0 Å². The van der Waals surface area contributed by atoms with Gasteiger partial charge >= 0.3 is 6.41 Å². The normalized spacial score (nSPS) is 14.0. The van der Waals surface area contributed by atoms with E-state index in [1.165, 1.54) is 12.5 Å². The number of hydrogen-bond donors (Lipinski definition) is 0. The van der Waals surface area contributed by atoms with Crippen LogP contribution in [0.3, 0.4) is 0 Å². The molecule has 1 aliphatic heterocycles. The van der Waals surface area contributed by atoms with Crippen LogP contribution < -0.4 is 4.90 Å². The minimum absolute atomic E-state index is 0.498. The maximum atomic E-state index is 5.41. The van der Waals surface area contributed by atoms with E-state index in [1.807, 2.05) is 30.1 Å². The number of thiophene rings is 1. The fourth-order valence-electron chi connectivity index (χ4n) is 2.47. The van der Waals surface area contributed by atoms with E-state index in [0.717, 1.165) is 27.2 Å². The second-order valence-electron chi connectivity index (χ2n) is 4.86. The lowest BCUT2D eigenvalue weighted by Crippen LogP contribution is -2.32. The molecule has 1 aromatic carbocycles. The zero-order valence-corrected chi connectivity index (χ0v) is 12.7. The zero-order chi connectivity index (χ0) is 14.9. The van der Waals surface area contributed by atoms with Gasteiger partial charge in [-0.2, -0.15) is 0 Å². The third kappa shape index (κ3) is 2.08. The molecule has 0 bridgehead atoms. The summed E-state index contributed by atoms with van der Waals surface area (Å²) in [5.74, 6) is 0.791. The lowest BCUT2D eigenvalue weighted by Gasteiger charge is -2.24. The van der Waals surface area contributed by atoms with E-state index in [9.17, 15) is 0 Å². The van der Waals surface area contributed by atoms with Gasteiger partial charge < -0.3 is 9.47 Å². The monoisotopic (exact) mass is 311 g/mol. The van der Waals surface area contributed by atoms with Gasteiger partial charge in [0.15, 0.2) is 0 Å². The Morgan fingerprint density at radius 2 is 1.86 bits per heavy atom. The molecule has 22 heavy (non-hydrogen) atoms. The molecule has 0 spiro atoms. The van der Waals surface area contributed by atoms with Crippen LogP contribution in [0.4, 0.5) is 5.82 Å². The standard InChI is InChI=1S/C16H13N3O2S/c1-19(16-20-7-8-21-16)14-13-12(11-5-3-2-4-6-11)9-22-15(13)18-10-17-14/h2-10,16H,1H3. The maximum absolute atomic E-state index is 5.41. The molecular formula is C16H13N3O2S. The average Bonchev–Trinajstić information content (AvgIpc) is 3.24. The number of fused-ring (bicyclic) bond motifs is 1. The van der Waals surface area contributed by atoms with Crippen molar-refractivity contribution in [3.8, 4) is 11.1 Å². The quantitative estimate of drug-likeness (QED) is 0.739. The zero-order valence-electron chi connectivity index (χ0n) is 11.8. The van der Waals surface area contributed by atoms with Crippen LogP contribution in [-0.2, 0) is 9.47 Å². The molecule has 0 unspecified atom stereocenters. The molecule has 1 aliphatic rings. The summed E-state index contributed by atoms with van der Waals surface area (Å²) in [5, 5.41) is 3.13. The highest BCUT2D eigenvalue weighted by Gasteiger charge is 2.24. The third-order valence-corrected chi connectivity index (χ3v) is 4.42. The molecule has 110 valence electrons. The summed E-state index contributed by atoms with van der Waals surface area (Å²) < 4.78 is 10.8. The van der Waals surface area contributed by atoms with Crippen molar-refractivity contribution in [1.82, 2.24) is 9.97 Å². The van der Waals surface area contributed by atoms with Crippen LogP contribution >= 0.6 is 11.3 Å². The van der Waals surface area contributed by atoms with E-state index >= 15 is 0 Å². The Labute approximate surface area is 131 Å². The summed E-state index contributed by atoms with van der Waals surface area (Å²) in [4.78, 5) is 11.6. The Morgan fingerprint density at radius 1 is 1.09 bits per heavy atom. The number of nitrogens with zero attached hydrogens (tertiary/aromatic N) is 3. The number of ether oxygens (including phenoxy) is 2. The molecule has 0 radical (unpaired) electrons. The first kappa shape index (κ1) is 13.1. The first-order valence-electron chi connectivity index (χ1n) is 6.81. The summed E-state index contributed by atoms with van der Waals surface area (Å²) in [6.45, 7) is 0. The molecule has 0 fully saturated rings. The molecule has 6 heteroatoms. The van der Waals surface area contributed by atoms with E-state index < -0.39 is 6.41 Å². The fraction of sp³-hybridized carbons (Fsp3) is 0.125. The van der Waals surface area contributed by atoms with Gasteiger partial charge in [0.1, 0.15) is 29.5 Å². The van der Waals surface area contributed by atoms with Crippen LogP contribution in [-0.4, -0.2) is 23.4 Å². The van der Waals surface area contributed by atoms with Crippen LogP contribution in [0, 0.1) is 0 Å². The van der Waals surface area contributed by atoms with Gasteiger partial charge in [-0.3, -0.25) is 4.90 Å². The molecule has 0 saturated carbocycles. The van der Waals surface area contributed by atoms with Crippen molar-refractivity contribution in [2.24, 2.45) is 0 Å². The molecule has 3 heterocycles. The van der Waals surface area contributed by atoms with E-state index in [-0.39, 0.29) is 0 Å². The van der Waals surface area contributed by atoms with E-state index in [2.05, 4.69) is 27.5 Å².